The quantitative estimate of drug-likeness (QED) is 0.576. The van der Waals surface area contributed by atoms with Crippen LogP contribution < -0.4 is 0 Å². The molecule has 0 N–H and O–H groups in total. The minimum Gasteiger partial charge on any atom is -0.464 e. The molecule has 1 aromatic rings. The lowest BCUT2D eigenvalue weighted by Gasteiger charge is -2.37. The maximum Gasteiger partial charge on any atom is 0.356 e. The van der Waals surface area contributed by atoms with E-state index in [1.807, 2.05) is 6.92 Å². The van der Waals surface area contributed by atoms with E-state index < -0.39 is 5.97 Å². The van der Waals surface area contributed by atoms with Crippen LogP contribution in [0.2, 0.25) is 5.28 Å². The molecule has 0 atom stereocenters. The second-order valence-electron chi connectivity index (χ2n) is 3.95. The van der Waals surface area contributed by atoms with E-state index in [2.05, 4.69) is 14.7 Å². The number of esters is 1. The Morgan fingerprint density at radius 2 is 2.25 bits per heavy atom. The van der Waals surface area contributed by atoms with E-state index in [1.165, 1.54) is 7.11 Å². The molecule has 0 spiro atoms. The fourth-order valence-corrected chi connectivity index (χ4v) is 1.67. The van der Waals surface area contributed by atoms with Gasteiger partial charge in [-0.05, 0) is 24.6 Å². The van der Waals surface area contributed by atoms with Crippen molar-refractivity contribution in [3.05, 3.63) is 22.7 Å². The van der Waals surface area contributed by atoms with Gasteiger partial charge in [0.1, 0.15) is 0 Å². The Kier molecular flexibility index (Phi) is 2.82. The van der Waals surface area contributed by atoms with Crippen molar-refractivity contribution >= 4 is 17.6 Å². The highest BCUT2D eigenvalue weighted by molar-refractivity contribution is 6.28. The molecule has 1 fully saturated rings. The summed E-state index contributed by atoms with van der Waals surface area (Å²) in [4.78, 5) is 19.3. The molecule has 5 nitrogen and oxygen atoms in total. The van der Waals surface area contributed by atoms with Crippen molar-refractivity contribution in [2.45, 2.75) is 12.3 Å². The summed E-state index contributed by atoms with van der Waals surface area (Å²) in [5.41, 5.74) is 0.694. The average molecular weight is 243 g/mol. The van der Waals surface area contributed by atoms with E-state index in [4.69, 9.17) is 16.3 Å². The molecule has 2 heterocycles. The lowest BCUT2D eigenvalue weighted by Crippen LogP contribution is -2.44. The first-order valence-corrected chi connectivity index (χ1v) is 5.14. The molecule has 0 unspecified atom stereocenters. The van der Waals surface area contributed by atoms with E-state index >= 15 is 0 Å². The molecule has 0 aliphatic carbocycles. The van der Waals surface area contributed by atoms with Gasteiger partial charge in [-0.25, -0.2) is 14.8 Å². The van der Waals surface area contributed by atoms with Crippen LogP contribution in [0.25, 0.3) is 0 Å². The zero-order valence-electron chi connectivity index (χ0n) is 8.99. The lowest BCUT2D eigenvalue weighted by molar-refractivity contribution is -0.0521. The molecule has 1 aliphatic heterocycles. The van der Waals surface area contributed by atoms with E-state index in [0.717, 1.165) is 0 Å². The fourth-order valence-electron chi connectivity index (χ4n) is 1.49. The van der Waals surface area contributed by atoms with Crippen molar-refractivity contribution in [1.29, 1.82) is 0 Å². The number of halogens is 1. The number of carbonyl (C=O) groups excluding carboxylic acids is 1. The zero-order chi connectivity index (χ0) is 11.8. The van der Waals surface area contributed by atoms with Crippen molar-refractivity contribution in [2.24, 2.45) is 0 Å². The minimum atomic E-state index is -0.519. The largest absolute Gasteiger partial charge is 0.464 e. The number of hydrogen-bond acceptors (Lipinski definition) is 5. The first-order chi connectivity index (χ1) is 7.55. The molecule has 1 aliphatic rings. The minimum absolute atomic E-state index is 0.0472. The number of hydrogen-bond donors (Lipinski definition) is 0. The van der Waals surface area contributed by atoms with Gasteiger partial charge in [0.15, 0.2) is 5.69 Å². The van der Waals surface area contributed by atoms with Gasteiger partial charge in [0.2, 0.25) is 5.28 Å². The molecule has 6 heteroatoms. The van der Waals surface area contributed by atoms with Crippen molar-refractivity contribution in [3.8, 4) is 0 Å². The molecule has 0 amide bonds. The number of carbonyl (C=O) groups is 1. The van der Waals surface area contributed by atoms with E-state index in [1.54, 1.807) is 6.07 Å². The van der Waals surface area contributed by atoms with Crippen LogP contribution in [-0.4, -0.2) is 36.3 Å². The van der Waals surface area contributed by atoms with Crippen LogP contribution in [0.4, 0.5) is 0 Å². The molecule has 0 bridgehead atoms. The van der Waals surface area contributed by atoms with E-state index in [0.29, 0.717) is 18.9 Å². The molecule has 0 aromatic carbocycles. The first kappa shape index (κ1) is 11.3. The van der Waals surface area contributed by atoms with Crippen molar-refractivity contribution < 1.29 is 14.3 Å². The third kappa shape index (κ3) is 1.88. The molecular formula is C10H11ClN2O3. The van der Waals surface area contributed by atoms with Crippen LogP contribution in [0.15, 0.2) is 6.07 Å². The SMILES string of the molecule is COC(=O)c1cc(C2(C)COC2)nc(Cl)n1. The summed E-state index contributed by atoms with van der Waals surface area (Å²) in [5, 5.41) is 0.0472. The summed E-state index contributed by atoms with van der Waals surface area (Å²) in [7, 11) is 1.30. The standard InChI is InChI=1S/C10H11ClN2O3/c1-10(4-16-5-10)7-3-6(8(14)15-2)12-9(11)13-7/h3H,4-5H2,1-2H3. The summed E-state index contributed by atoms with van der Waals surface area (Å²) in [5.74, 6) is -0.519. The molecule has 0 radical (unpaired) electrons. The first-order valence-electron chi connectivity index (χ1n) is 4.76. The van der Waals surface area contributed by atoms with Crippen molar-refractivity contribution in [2.75, 3.05) is 20.3 Å². The number of methoxy groups -OCH3 is 1. The van der Waals surface area contributed by atoms with Gasteiger partial charge in [-0.15, -0.1) is 0 Å². The lowest BCUT2D eigenvalue weighted by atomic mass is 9.84. The molecule has 1 aromatic heterocycles. The van der Waals surface area contributed by atoms with Crippen LogP contribution in [-0.2, 0) is 14.9 Å². The Morgan fingerprint density at radius 1 is 1.56 bits per heavy atom. The highest BCUT2D eigenvalue weighted by Crippen LogP contribution is 2.31. The van der Waals surface area contributed by atoms with Crippen LogP contribution in [0, 0.1) is 0 Å². The monoisotopic (exact) mass is 242 g/mol. The smallest absolute Gasteiger partial charge is 0.356 e. The van der Waals surface area contributed by atoms with Gasteiger partial charge >= 0.3 is 5.97 Å². The van der Waals surface area contributed by atoms with Gasteiger partial charge in [0, 0.05) is 0 Å². The average Bonchev–Trinajstić information content (AvgIpc) is 2.23. The summed E-state index contributed by atoms with van der Waals surface area (Å²) < 4.78 is 9.73. The van der Waals surface area contributed by atoms with Gasteiger partial charge < -0.3 is 9.47 Å². The maximum absolute atomic E-state index is 11.3. The van der Waals surface area contributed by atoms with E-state index in [-0.39, 0.29) is 16.4 Å². The van der Waals surface area contributed by atoms with Crippen LogP contribution >= 0.6 is 11.6 Å². The third-order valence-corrected chi connectivity index (χ3v) is 2.72. The second kappa shape index (κ2) is 3.99. The summed E-state index contributed by atoms with van der Waals surface area (Å²) >= 11 is 5.77. The Bertz CT molecular complexity index is 432. The number of aromatic nitrogens is 2. The fraction of sp³-hybridized carbons (Fsp3) is 0.500. The molecule has 0 saturated carbocycles. The summed E-state index contributed by atoms with van der Waals surface area (Å²) in [6.07, 6.45) is 0. The number of nitrogens with zero attached hydrogens (tertiary/aromatic N) is 2. The van der Waals surface area contributed by atoms with Gasteiger partial charge in [-0.3, -0.25) is 0 Å². The Hall–Kier alpha value is -1.20. The highest BCUT2D eigenvalue weighted by atomic mass is 35.5. The Labute approximate surface area is 97.7 Å². The highest BCUT2D eigenvalue weighted by Gasteiger charge is 2.37. The predicted octanol–water partition coefficient (Wildman–Crippen LogP) is 1.20. The van der Waals surface area contributed by atoms with Crippen molar-refractivity contribution in [1.82, 2.24) is 9.97 Å². The summed E-state index contributed by atoms with van der Waals surface area (Å²) in [6, 6.07) is 1.60. The predicted molar refractivity (Wildman–Crippen MR) is 56.6 cm³/mol. The Morgan fingerprint density at radius 3 is 2.75 bits per heavy atom. The van der Waals surface area contributed by atoms with Crippen LogP contribution in [0.5, 0.6) is 0 Å². The molecule has 16 heavy (non-hydrogen) atoms. The topological polar surface area (TPSA) is 61.3 Å². The van der Waals surface area contributed by atoms with Crippen LogP contribution in [0.1, 0.15) is 23.1 Å². The van der Waals surface area contributed by atoms with Gasteiger partial charge in [-0.2, -0.15) is 0 Å². The number of rotatable bonds is 2. The third-order valence-electron chi connectivity index (χ3n) is 2.55. The van der Waals surface area contributed by atoms with E-state index in [9.17, 15) is 4.79 Å². The van der Waals surface area contributed by atoms with Gasteiger partial charge in [0.25, 0.3) is 0 Å². The Balaban J connectivity index is 2.39. The molecule has 1 saturated heterocycles. The normalized spacial score (nSPS) is 17.7. The number of ether oxygens (including phenoxy) is 2. The van der Waals surface area contributed by atoms with Gasteiger partial charge in [0.05, 0.1) is 31.4 Å². The summed E-state index contributed by atoms with van der Waals surface area (Å²) in [6.45, 7) is 3.14. The second-order valence-corrected chi connectivity index (χ2v) is 4.29. The van der Waals surface area contributed by atoms with Gasteiger partial charge in [-0.1, -0.05) is 0 Å². The molecule has 86 valence electrons. The zero-order valence-corrected chi connectivity index (χ0v) is 9.74. The maximum atomic E-state index is 11.3. The van der Waals surface area contributed by atoms with Crippen LogP contribution in [0.3, 0.4) is 0 Å². The van der Waals surface area contributed by atoms with Crippen molar-refractivity contribution in [3.63, 3.8) is 0 Å². The molecular weight excluding hydrogens is 232 g/mol. The molecule has 2 rings (SSSR count).